The van der Waals surface area contributed by atoms with E-state index in [0.29, 0.717) is 11.4 Å². The van der Waals surface area contributed by atoms with E-state index in [9.17, 15) is 4.79 Å². The third-order valence-corrected chi connectivity index (χ3v) is 3.26. The van der Waals surface area contributed by atoms with Crippen molar-refractivity contribution >= 4 is 0 Å². The summed E-state index contributed by atoms with van der Waals surface area (Å²) in [5.74, 6) is 0.00694. The number of rotatable bonds is 2. The number of hydrogen-bond acceptors (Lipinski definition) is 6. The standard InChI is InChI=1S/C12H12N2O2.C5H6N2O/c1-9-12(16)14(7-6-13-9)11-4-2-10(8-15)3-5-11;1-4-5(8)7-3-2-6-4/h2-7,15H,8H2,1H3;2-3H,1H3,(H,7,8). The zero-order valence-electron chi connectivity index (χ0n) is 13.4. The average molecular weight is 326 g/mol. The first-order chi connectivity index (χ1) is 11.5. The maximum atomic E-state index is 11.8. The van der Waals surface area contributed by atoms with Crippen molar-refractivity contribution in [1.29, 1.82) is 0 Å². The highest BCUT2D eigenvalue weighted by Gasteiger charge is 2.02. The zero-order valence-corrected chi connectivity index (χ0v) is 13.4. The minimum absolute atomic E-state index is 0.00452. The molecule has 3 aromatic rings. The van der Waals surface area contributed by atoms with Crippen molar-refractivity contribution in [1.82, 2.24) is 19.5 Å². The highest BCUT2D eigenvalue weighted by Crippen LogP contribution is 2.07. The summed E-state index contributed by atoms with van der Waals surface area (Å²) in [5, 5.41) is 17.7. The Morgan fingerprint density at radius 1 is 0.958 bits per heavy atom. The monoisotopic (exact) mass is 326 g/mol. The molecular weight excluding hydrogens is 308 g/mol. The van der Waals surface area contributed by atoms with Crippen LogP contribution in [-0.4, -0.2) is 29.7 Å². The van der Waals surface area contributed by atoms with Gasteiger partial charge in [-0.15, -0.1) is 0 Å². The number of aryl methyl sites for hydroxylation is 2. The second kappa shape index (κ2) is 7.98. The maximum Gasteiger partial charge on any atom is 0.276 e. The molecule has 0 radical (unpaired) electrons. The molecule has 2 heterocycles. The number of benzene rings is 1. The molecule has 0 aliphatic heterocycles. The molecule has 0 fully saturated rings. The summed E-state index contributed by atoms with van der Waals surface area (Å²) in [6.07, 6.45) is 6.21. The predicted molar refractivity (Wildman–Crippen MR) is 88.9 cm³/mol. The van der Waals surface area contributed by atoms with Crippen molar-refractivity contribution in [3.63, 3.8) is 0 Å². The second-order valence-corrected chi connectivity index (χ2v) is 4.98. The average Bonchev–Trinajstić information content (AvgIpc) is 2.61. The van der Waals surface area contributed by atoms with Gasteiger partial charge in [-0.25, -0.2) is 4.98 Å². The minimum atomic E-state index is -0.126. The van der Waals surface area contributed by atoms with E-state index in [1.54, 1.807) is 50.5 Å². The summed E-state index contributed by atoms with van der Waals surface area (Å²) in [5.41, 5.74) is 2.50. The van der Waals surface area contributed by atoms with E-state index in [4.69, 9.17) is 10.2 Å². The Labute approximate surface area is 138 Å². The molecule has 0 unspecified atom stereocenters. The van der Waals surface area contributed by atoms with Crippen LogP contribution in [0.5, 0.6) is 5.88 Å². The molecule has 0 saturated heterocycles. The first kappa shape index (κ1) is 17.3. The lowest BCUT2D eigenvalue weighted by Crippen LogP contribution is -2.20. The fourth-order valence-electron chi connectivity index (χ4n) is 1.87. The summed E-state index contributed by atoms with van der Waals surface area (Å²) in [6.45, 7) is 3.38. The number of aliphatic hydroxyl groups excluding tert-OH is 1. The molecule has 124 valence electrons. The molecule has 0 spiro atoms. The van der Waals surface area contributed by atoms with Gasteiger partial charge in [0.05, 0.1) is 12.3 Å². The van der Waals surface area contributed by atoms with Gasteiger partial charge in [0.15, 0.2) is 0 Å². The molecule has 7 nitrogen and oxygen atoms in total. The summed E-state index contributed by atoms with van der Waals surface area (Å²) in [7, 11) is 0. The van der Waals surface area contributed by atoms with Gasteiger partial charge in [-0.2, -0.15) is 0 Å². The Morgan fingerprint density at radius 3 is 2.12 bits per heavy atom. The fraction of sp³-hybridized carbons (Fsp3) is 0.176. The van der Waals surface area contributed by atoms with Crippen molar-refractivity contribution < 1.29 is 10.2 Å². The van der Waals surface area contributed by atoms with Crippen molar-refractivity contribution in [2.45, 2.75) is 20.5 Å². The molecule has 0 aliphatic rings. The third-order valence-electron chi connectivity index (χ3n) is 3.26. The summed E-state index contributed by atoms with van der Waals surface area (Å²) < 4.78 is 1.53. The molecule has 2 aromatic heterocycles. The highest BCUT2D eigenvalue weighted by atomic mass is 16.3. The SMILES string of the molecule is Cc1nccn(-c2ccc(CO)cc2)c1=O.Cc1nccnc1O. The van der Waals surface area contributed by atoms with Crippen LogP contribution in [0.3, 0.4) is 0 Å². The summed E-state index contributed by atoms with van der Waals surface area (Å²) >= 11 is 0. The van der Waals surface area contributed by atoms with Crippen LogP contribution in [-0.2, 0) is 6.61 Å². The Morgan fingerprint density at radius 2 is 1.58 bits per heavy atom. The van der Waals surface area contributed by atoms with Crippen LogP contribution >= 0.6 is 0 Å². The van der Waals surface area contributed by atoms with Gasteiger partial charge in [0, 0.05) is 30.5 Å². The van der Waals surface area contributed by atoms with Crippen LogP contribution in [0.25, 0.3) is 5.69 Å². The fourth-order valence-corrected chi connectivity index (χ4v) is 1.87. The van der Waals surface area contributed by atoms with E-state index >= 15 is 0 Å². The topological polar surface area (TPSA) is 101 Å². The van der Waals surface area contributed by atoms with Gasteiger partial charge in [0.25, 0.3) is 5.56 Å². The second-order valence-electron chi connectivity index (χ2n) is 4.98. The largest absolute Gasteiger partial charge is 0.492 e. The van der Waals surface area contributed by atoms with Crippen molar-refractivity contribution in [3.8, 4) is 11.6 Å². The Kier molecular flexibility index (Phi) is 5.75. The van der Waals surface area contributed by atoms with E-state index in [1.165, 1.54) is 17.0 Å². The lowest BCUT2D eigenvalue weighted by molar-refractivity contribution is 0.282. The summed E-state index contributed by atoms with van der Waals surface area (Å²) in [6, 6.07) is 7.17. The number of hydrogen-bond donors (Lipinski definition) is 2. The predicted octanol–water partition coefficient (Wildman–Crippen LogP) is 1.52. The Hall–Kier alpha value is -3.06. The van der Waals surface area contributed by atoms with Crippen LogP contribution < -0.4 is 5.56 Å². The highest BCUT2D eigenvalue weighted by molar-refractivity contribution is 5.34. The number of aromatic nitrogens is 4. The van der Waals surface area contributed by atoms with Crippen LogP contribution in [0.4, 0.5) is 0 Å². The molecule has 24 heavy (non-hydrogen) atoms. The van der Waals surface area contributed by atoms with E-state index in [1.807, 2.05) is 0 Å². The molecule has 3 rings (SSSR count). The van der Waals surface area contributed by atoms with Crippen molar-refractivity contribution in [3.05, 3.63) is 76.4 Å². The van der Waals surface area contributed by atoms with E-state index in [2.05, 4.69) is 15.0 Å². The molecule has 0 bridgehead atoms. The van der Waals surface area contributed by atoms with Gasteiger partial charge in [0.2, 0.25) is 5.88 Å². The molecular formula is C17H18N4O3. The summed E-state index contributed by atoms with van der Waals surface area (Å²) in [4.78, 5) is 23.0. The number of nitrogens with zero attached hydrogens (tertiary/aromatic N) is 4. The quantitative estimate of drug-likeness (QED) is 0.740. The Bertz CT molecular complexity index is 839. The minimum Gasteiger partial charge on any atom is -0.492 e. The lowest BCUT2D eigenvalue weighted by Gasteiger charge is -2.06. The van der Waals surface area contributed by atoms with Gasteiger partial charge >= 0.3 is 0 Å². The van der Waals surface area contributed by atoms with Gasteiger partial charge in [-0.3, -0.25) is 19.3 Å². The van der Waals surface area contributed by atoms with Crippen LogP contribution in [0.2, 0.25) is 0 Å². The van der Waals surface area contributed by atoms with E-state index < -0.39 is 0 Å². The van der Waals surface area contributed by atoms with Gasteiger partial charge in [-0.1, -0.05) is 12.1 Å². The van der Waals surface area contributed by atoms with Crippen LogP contribution in [0.15, 0.2) is 53.8 Å². The smallest absolute Gasteiger partial charge is 0.276 e. The normalized spacial score (nSPS) is 9.96. The van der Waals surface area contributed by atoms with Gasteiger partial charge in [-0.05, 0) is 31.5 Å². The number of aliphatic hydroxyl groups is 1. The van der Waals surface area contributed by atoms with Crippen molar-refractivity contribution in [2.24, 2.45) is 0 Å². The Balaban J connectivity index is 0.000000219. The molecule has 7 heteroatoms. The zero-order chi connectivity index (χ0) is 17.5. The van der Waals surface area contributed by atoms with Gasteiger partial charge in [0.1, 0.15) is 5.69 Å². The molecule has 0 aliphatic carbocycles. The maximum absolute atomic E-state index is 11.8. The first-order valence-corrected chi connectivity index (χ1v) is 7.24. The molecule has 2 N–H and O–H groups in total. The molecule has 0 saturated carbocycles. The van der Waals surface area contributed by atoms with Crippen LogP contribution in [0, 0.1) is 13.8 Å². The van der Waals surface area contributed by atoms with Gasteiger partial charge < -0.3 is 10.2 Å². The molecule has 0 atom stereocenters. The number of aromatic hydroxyl groups is 1. The first-order valence-electron chi connectivity index (χ1n) is 7.24. The molecule has 1 aromatic carbocycles. The lowest BCUT2D eigenvalue weighted by atomic mass is 10.2. The third kappa shape index (κ3) is 4.23. The molecule has 0 amide bonds. The van der Waals surface area contributed by atoms with Crippen molar-refractivity contribution in [2.75, 3.05) is 0 Å². The van der Waals surface area contributed by atoms with Crippen LogP contribution in [0.1, 0.15) is 17.0 Å². The van der Waals surface area contributed by atoms with E-state index in [0.717, 1.165) is 11.3 Å². The van der Waals surface area contributed by atoms with E-state index in [-0.39, 0.29) is 18.0 Å².